The van der Waals surface area contributed by atoms with Gasteiger partial charge in [0, 0.05) is 25.2 Å². The Morgan fingerprint density at radius 3 is 2.26 bits per heavy atom. The first-order valence-electron chi connectivity index (χ1n) is 15.3. The smallest absolute Gasteiger partial charge is 0.155 e. The van der Waals surface area contributed by atoms with Gasteiger partial charge in [-0.1, -0.05) is 117 Å². The summed E-state index contributed by atoms with van der Waals surface area (Å²) < 4.78 is 0. The summed E-state index contributed by atoms with van der Waals surface area (Å²) in [7, 11) is 0. The summed E-state index contributed by atoms with van der Waals surface area (Å²) in [6.45, 7) is 19.6. The first-order valence-corrected chi connectivity index (χ1v) is 15.7. The molecule has 3 rings (SSSR count). The van der Waals surface area contributed by atoms with E-state index in [0.29, 0.717) is 6.04 Å². The van der Waals surface area contributed by atoms with Gasteiger partial charge < -0.3 is 10.6 Å². The van der Waals surface area contributed by atoms with E-state index in [1.165, 1.54) is 50.5 Å². The topological polar surface area (TPSA) is 62.2 Å². The lowest BCUT2D eigenvalue weighted by atomic mass is 9.93. The highest BCUT2D eigenvalue weighted by molar-refractivity contribution is 7.80. The number of aryl methyl sites for hydroxylation is 1. The number of benzene rings is 1. The van der Waals surface area contributed by atoms with Crippen molar-refractivity contribution in [2.24, 2.45) is 16.8 Å². The minimum Gasteiger partial charge on any atom is -0.376 e. The molecule has 1 aromatic carbocycles. The van der Waals surface area contributed by atoms with Crippen molar-refractivity contribution in [2.45, 2.75) is 126 Å². The van der Waals surface area contributed by atoms with E-state index in [0.717, 1.165) is 47.0 Å². The maximum absolute atomic E-state index is 5.46. The van der Waals surface area contributed by atoms with Crippen molar-refractivity contribution < 1.29 is 0 Å². The largest absolute Gasteiger partial charge is 0.376 e. The molecule has 0 aliphatic heterocycles. The molecule has 39 heavy (non-hydrogen) atoms. The van der Waals surface area contributed by atoms with E-state index in [1.54, 1.807) is 12.5 Å². The molecule has 1 aliphatic rings. The summed E-state index contributed by atoms with van der Waals surface area (Å²) >= 11 is 5.46. The van der Waals surface area contributed by atoms with Gasteiger partial charge in [0.05, 0.1) is 10.7 Å². The minimum atomic E-state index is 0.556. The fourth-order valence-corrected chi connectivity index (χ4v) is 4.58. The first kappa shape index (κ1) is 36.7. The monoisotopic (exact) mass is 555 g/mol. The van der Waals surface area contributed by atoms with Crippen LogP contribution in [0.15, 0.2) is 41.7 Å². The SMILES string of the molecule is CC.CC.CC=Nc1c(C)ncnc1NC1CCCC1.CCC(CCC(C)C)CC(=S)NCc1ccccc1. The quantitative estimate of drug-likeness (QED) is 0.213. The van der Waals surface area contributed by atoms with Crippen molar-refractivity contribution in [1.82, 2.24) is 15.3 Å². The summed E-state index contributed by atoms with van der Waals surface area (Å²) in [4.78, 5) is 13.8. The Kier molecular flexibility index (Phi) is 22.1. The molecule has 0 amide bonds. The molecule has 0 spiro atoms. The van der Waals surface area contributed by atoms with Crippen LogP contribution in [0, 0.1) is 18.8 Å². The van der Waals surface area contributed by atoms with Crippen LogP contribution < -0.4 is 10.6 Å². The van der Waals surface area contributed by atoms with E-state index in [4.69, 9.17) is 12.2 Å². The van der Waals surface area contributed by atoms with Crippen LogP contribution in [0.25, 0.3) is 0 Å². The molecule has 1 saturated carbocycles. The Labute approximate surface area is 246 Å². The van der Waals surface area contributed by atoms with Crippen LogP contribution in [0.3, 0.4) is 0 Å². The van der Waals surface area contributed by atoms with Gasteiger partial charge in [0.25, 0.3) is 0 Å². The van der Waals surface area contributed by atoms with Crippen LogP contribution in [0.1, 0.15) is 118 Å². The Bertz CT molecular complexity index is 892. The summed E-state index contributed by atoms with van der Waals surface area (Å²) in [5, 5.41) is 6.85. The molecule has 1 aliphatic carbocycles. The molecule has 1 unspecified atom stereocenters. The molecule has 1 aromatic heterocycles. The highest BCUT2D eigenvalue weighted by atomic mass is 32.1. The second-order valence-electron chi connectivity index (χ2n) is 9.88. The van der Waals surface area contributed by atoms with Gasteiger partial charge in [0.15, 0.2) is 5.82 Å². The zero-order chi connectivity index (χ0) is 29.5. The fourth-order valence-electron chi connectivity index (χ4n) is 4.27. The molecule has 1 atom stereocenters. The molecule has 0 saturated heterocycles. The van der Waals surface area contributed by atoms with E-state index in [9.17, 15) is 0 Å². The number of rotatable bonds is 11. The maximum atomic E-state index is 5.46. The summed E-state index contributed by atoms with van der Waals surface area (Å²) in [5.74, 6) is 2.40. The second-order valence-corrected chi connectivity index (χ2v) is 10.4. The van der Waals surface area contributed by atoms with E-state index < -0.39 is 0 Å². The average molecular weight is 556 g/mol. The Morgan fingerprint density at radius 2 is 1.69 bits per heavy atom. The minimum absolute atomic E-state index is 0.556. The number of nitrogens with one attached hydrogen (secondary N) is 2. The van der Waals surface area contributed by atoms with Crippen molar-refractivity contribution in [1.29, 1.82) is 0 Å². The van der Waals surface area contributed by atoms with Gasteiger partial charge in [-0.2, -0.15) is 0 Å². The van der Waals surface area contributed by atoms with Crippen LogP contribution in [0.5, 0.6) is 0 Å². The standard InChI is InChI=1S/C17H27NS.C12H18N4.2C2H6/c1-4-15(11-10-14(2)3)12-17(19)18-13-16-8-6-5-7-9-16;1-3-13-11-9(2)14-8-15-12(11)16-10-6-4-5-7-10;2*1-2/h5-9,14-15H,4,10-13H2,1-3H3,(H,18,19);3,8,10H,4-7H2,1-2H3,(H,14,15,16);2*1-2H3. The predicted octanol–water partition coefficient (Wildman–Crippen LogP) is 9.87. The highest BCUT2D eigenvalue weighted by Crippen LogP contribution is 2.28. The summed E-state index contributed by atoms with van der Waals surface area (Å²) in [6, 6.07) is 11.0. The molecule has 1 fully saturated rings. The van der Waals surface area contributed by atoms with E-state index >= 15 is 0 Å². The number of hydrogen-bond acceptors (Lipinski definition) is 5. The molecule has 6 heteroatoms. The van der Waals surface area contributed by atoms with E-state index in [2.05, 4.69) is 70.6 Å². The van der Waals surface area contributed by atoms with Crippen molar-refractivity contribution in [3.8, 4) is 0 Å². The molecule has 5 nitrogen and oxygen atoms in total. The van der Waals surface area contributed by atoms with Crippen LogP contribution in [-0.2, 0) is 6.54 Å². The third-order valence-electron chi connectivity index (χ3n) is 6.50. The number of aliphatic imine (C=N–C) groups is 1. The van der Waals surface area contributed by atoms with Crippen LogP contribution >= 0.6 is 12.2 Å². The van der Waals surface area contributed by atoms with E-state index in [-0.39, 0.29) is 0 Å². The maximum Gasteiger partial charge on any atom is 0.155 e. The molecular weight excluding hydrogens is 498 g/mol. The van der Waals surface area contributed by atoms with Gasteiger partial charge in [-0.3, -0.25) is 4.99 Å². The molecule has 220 valence electrons. The van der Waals surface area contributed by atoms with Gasteiger partial charge in [0.2, 0.25) is 0 Å². The zero-order valence-electron chi connectivity index (χ0n) is 26.4. The van der Waals surface area contributed by atoms with Gasteiger partial charge in [-0.05, 0) is 50.5 Å². The third-order valence-corrected chi connectivity index (χ3v) is 6.81. The normalized spacial score (nSPS) is 13.4. The number of thiocarbonyl (C=S) groups is 1. The fraction of sp³-hybridized carbons (Fsp3) is 0.636. The molecule has 1 heterocycles. The first-order chi connectivity index (χ1) is 18.9. The summed E-state index contributed by atoms with van der Waals surface area (Å²) in [6.07, 6.45) is 13.3. The van der Waals surface area contributed by atoms with Gasteiger partial charge in [-0.25, -0.2) is 9.97 Å². The Hall–Kier alpha value is -2.34. The molecule has 0 bridgehead atoms. The number of nitrogens with zero attached hydrogens (tertiary/aromatic N) is 3. The lowest BCUT2D eigenvalue weighted by Gasteiger charge is -2.17. The Balaban J connectivity index is 0.000000662. The lowest BCUT2D eigenvalue weighted by molar-refractivity contribution is 0.422. The molecule has 2 N–H and O–H groups in total. The Morgan fingerprint density at radius 1 is 1.05 bits per heavy atom. The van der Waals surface area contributed by atoms with Crippen LogP contribution in [0.2, 0.25) is 0 Å². The van der Waals surface area contributed by atoms with Crippen LogP contribution in [-0.4, -0.2) is 27.2 Å². The van der Waals surface area contributed by atoms with Crippen molar-refractivity contribution in [2.75, 3.05) is 5.32 Å². The van der Waals surface area contributed by atoms with Crippen molar-refractivity contribution in [3.63, 3.8) is 0 Å². The molecular formula is C33H57N5S. The van der Waals surface area contributed by atoms with E-state index in [1.807, 2.05) is 47.6 Å². The number of anilines is 1. The average Bonchev–Trinajstić information content (AvgIpc) is 3.48. The van der Waals surface area contributed by atoms with Crippen molar-refractivity contribution in [3.05, 3.63) is 47.9 Å². The van der Waals surface area contributed by atoms with Crippen molar-refractivity contribution >= 4 is 34.9 Å². The van der Waals surface area contributed by atoms with Gasteiger partial charge in [-0.15, -0.1) is 0 Å². The predicted molar refractivity (Wildman–Crippen MR) is 178 cm³/mol. The molecule has 2 aromatic rings. The second kappa shape index (κ2) is 23.5. The lowest BCUT2D eigenvalue weighted by Crippen LogP contribution is -2.23. The summed E-state index contributed by atoms with van der Waals surface area (Å²) in [5.41, 5.74) is 3.09. The number of aromatic nitrogens is 2. The third kappa shape index (κ3) is 16.4. The number of hydrogen-bond donors (Lipinski definition) is 2. The van der Waals surface area contributed by atoms with Crippen LogP contribution in [0.4, 0.5) is 11.5 Å². The molecule has 0 radical (unpaired) electrons. The highest BCUT2D eigenvalue weighted by Gasteiger charge is 2.17. The van der Waals surface area contributed by atoms with Gasteiger partial charge in [0.1, 0.15) is 12.0 Å². The zero-order valence-corrected chi connectivity index (χ0v) is 27.2. The van der Waals surface area contributed by atoms with Gasteiger partial charge >= 0.3 is 0 Å².